The molecule has 7 heteroatoms. The van der Waals surface area contributed by atoms with Crippen molar-refractivity contribution in [2.24, 2.45) is 0 Å². The van der Waals surface area contributed by atoms with Gasteiger partial charge in [-0.3, -0.25) is 0 Å². The van der Waals surface area contributed by atoms with Gasteiger partial charge in [0, 0.05) is 28.2 Å². The van der Waals surface area contributed by atoms with Gasteiger partial charge in [0.2, 0.25) is 5.88 Å². The number of halogens is 1. The maximum absolute atomic E-state index is 6.18. The van der Waals surface area contributed by atoms with Crippen molar-refractivity contribution in [1.82, 2.24) is 9.97 Å². The van der Waals surface area contributed by atoms with Gasteiger partial charge in [0.15, 0.2) is 11.5 Å². The predicted molar refractivity (Wildman–Crippen MR) is 111 cm³/mol. The number of hydrogen-bond donors (Lipinski definition) is 1. The fourth-order valence-electron chi connectivity index (χ4n) is 3.07. The Morgan fingerprint density at radius 1 is 0.786 bits per heavy atom. The first-order valence-corrected chi connectivity index (χ1v) is 8.94. The molecule has 2 aromatic carbocycles. The first kappa shape index (κ1) is 18.1. The molecule has 4 rings (SSSR count). The van der Waals surface area contributed by atoms with Gasteiger partial charge in [-0.25, -0.2) is 9.97 Å². The molecule has 0 aliphatic carbocycles. The van der Waals surface area contributed by atoms with E-state index in [1.165, 1.54) is 0 Å². The van der Waals surface area contributed by atoms with E-state index in [1.807, 2.05) is 42.5 Å². The molecule has 28 heavy (non-hydrogen) atoms. The predicted octanol–water partition coefficient (Wildman–Crippen LogP) is 5.21. The molecular formula is C21H18ClN3O3. The smallest absolute Gasteiger partial charge is 0.213 e. The summed E-state index contributed by atoms with van der Waals surface area (Å²) in [6.07, 6.45) is 0. The minimum atomic E-state index is 0.512. The standard InChI is InChI=1S/C21H18ClN3O3/c1-26-17-8-5-13(11-18(17)27-2)23-20-14-6-4-12(22)10-16(14)24-15-7-9-19(28-3)25-21(15)20/h4-11H,1-3H3,(H,23,24). The molecule has 0 spiro atoms. The van der Waals surface area contributed by atoms with Crippen LogP contribution in [0.1, 0.15) is 0 Å². The van der Waals surface area contributed by atoms with Crippen LogP contribution in [0.15, 0.2) is 48.5 Å². The molecule has 0 aliphatic rings. The highest BCUT2D eigenvalue weighted by molar-refractivity contribution is 6.31. The van der Waals surface area contributed by atoms with Crippen LogP contribution in [0.5, 0.6) is 17.4 Å². The Morgan fingerprint density at radius 2 is 1.61 bits per heavy atom. The molecule has 6 nitrogen and oxygen atoms in total. The molecule has 1 N–H and O–H groups in total. The molecule has 142 valence electrons. The van der Waals surface area contributed by atoms with E-state index in [-0.39, 0.29) is 0 Å². The molecule has 2 aromatic heterocycles. The molecule has 0 amide bonds. The summed E-state index contributed by atoms with van der Waals surface area (Å²) < 4.78 is 16.0. The Bertz CT molecular complexity index is 1180. The van der Waals surface area contributed by atoms with Crippen molar-refractivity contribution in [3.8, 4) is 17.4 Å². The van der Waals surface area contributed by atoms with E-state index < -0.39 is 0 Å². The highest BCUT2D eigenvalue weighted by Crippen LogP contribution is 2.36. The van der Waals surface area contributed by atoms with Gasteiger partial charge in [0.05, 0.1) is 38.1 Å². The van der Waals surface area contributed by atoms with Gasteiger partial charge in [0.25, 0.3) is 0 Å². The molecular weight excluding hydrogens is 378 g/mol. The Kier molecular flexibility index (Phi) is 4.79. The number of nitrogens with one attached hydrogen (secondary N) is 1. The van der Waals surface area contributed by atoms with Gasteiger partial charge in [-0.05, 0) is 36.4 Å². The molecule has 0 saturated carbocycles. The molecule has 0 saturated heterocycles. The maximum atomic E-state index is 6.18. The number of nitrogens with zero attached hydrogens (tertiary/aromatic N) is 2. The quantitative estimate of drug-likeness (QED) is 0.468. The van der Waals surface area contributed by atoms with Crippen molar-refractivity contribution in [2.45, 2.75) is 0 Å². The SMILES string of the molecule is COc1ccc2nc3cc(Cl)ccc3c(Nc3ccc(OC)c(OC)c3)c2n1. The zero-order valence-corrected chi connectivity index (χ0v) is 16.4. The van der Waals surface area contributed by atoms with Crippen LogP contribution in [0.3, 0.4) is 0 Å². The first-order valence-electron chi connectivity index (χ1n) is 8.56. The summed E-state index contributed by atoms with van der Waals surface area (Å²) in [7, 11) is 4.80. The van der Waals surface area contributed by atoms with Crippen LogP contribution >= 0.6 is 11.6 Å². The number of benzene rings is 2. The van der Waals surface area contributed by atoms with Crippen molar-refractivity contribution in [2.75, 3.05) is 26.6 Å². The van der Waals surface area contributed by atoms with Crippen LogP contribution in [0.4, 0.5) is 11.4 Å². The van der Waals surface area contributed by atoms with Crippen molar-refractivity contribution < 1.29 is 14.2 Å². The van der Waals surface area contributed by atoms with E-state index >= 15 is 0 Å². The van der Waals surface area contributed by atoms with E-state index in [2.05, 4.69) is 10.3 Å². The summed E-state index contributed by atoms with van der Waals surface area (Å²) >= 11 is 6.18. The summed E-state index contributed by atoms with van der Waals surface area (Å²) in [4.78, 5) is 9.29. The number of anilines is 2. The first-order chi connectivity index (χ1) is 13.6. The number of methoxy groups -OCH3 is 3. The van der Waals surface area contributed by atoms with Gasteiger partial charge in [-0.1, -0.05) is 11.6 Å². The van der Waals surface area contributed by atoms with E-state index in [0.717, 1.165) is 27.8 Å². The average molecular weight is 396 g/mol. The van der Waals surface area contributed by atoms with E-state index in [9.17, 15) is 0 Å². The normalized spacial score (nSPS) is 10.9. The van der Waals surface area contributed by atoms with Gasteiger partial charge in [-0.2, -0.15) is 0 Å². The topological polar surface area (TPSA) is 65.5 Å². The summed E-state index contributed by atoms with van der Waals surface area (Å²) in [5.41, 5.74) is 3.84. The van der Waals surface area contributed by atoms with E-state index in [1.54, 1.807) is 27.4 Å². The molecule has 0 aliphatic heterocycles. The van der Waals surface area contributed by atoms with Crippen molar-refractivity contribution in [3.63, 3.8) is 0 Å². The number of pyridine rings is 2. The van der Waals surface area contributed by atoms with E-state index in [4.69, 9.17) is 30.8 Å². The van der Waals surface area contributed by atoms with Crippen molar-refractivity contribution >= 4 is 44.9 Å². The zero-order chi connectivity index (χ0) is 19.7. The summed E-state index contributed by atoms with van der Waals surface area (Å²) in [5.74, 6) is 1.80. The van der Waals surface area contributed by atoms with Crippen molar-refractivity contribution in [3.05, 3.63) is 53.6 Å². The highest BCUT2D eigenvalue weighted by Gasteiger charge is 2.14. The Labute approximate surface area is 167 Å². The third-order valence-corrected chi connectivity index (χ3v) is 4.65. The lowest BCUT2D eigenvalue weighted by Gasteiger charge is -2.15. The Balaban J connectivity index is 1.94. The fourth-order valence-corrected chi connectivity index (χ4v) is 3.24. The Hall–Kier alpha value is -3.25. The monoisotopic (exact) mass is 395 g/mol. The molecule has 0 fully saturated rings. The number of hydrogen-bond acceptors (Lipinski definition) is 6. The number of aromatic nitrogens is 2. The van der Waals surface area contributed by atoms with Gasteiger partial charge >= 0.3 is 0 Å². The van der Waals surface area contributed by atoms with Crippen LogP contribution in [0, 0.1) is 0 Å². The van der Waals surface area contributed by atoms with E-state index in [0.29, 0.717) is 27.9 Å². The molecule has 0 radical (unpaired) electrons. The van der Waals surface area contributed by atoms with Crippen LogP contribution in [-0.4, -0.2) is 31.3 Å². The van der Waals surface area contributed by atoms with Gasteiger partial charge in [0.1, 0.15) is 5.52 Å². The lowest BCUT2D eigenvalue weighted by Crippen LogP contribution is -1.99. The summed E-state index contributed by atoms with van der Waals surface area (Å²) in [5, 5.41) is 4.97. The molecule has 0 bridgehead atoms. The number of fused-ring (bicyclic) bond motifs is 2. The lowest BCUT2D eigenvalue weighted by atomic mass is 10.1. The third kappa shape index (κ3) is 3.23. The van der Waals surface area contributed by atoms with Crippen LogP contribution in [-0.2, 0) is 0 Å². The molecule has 0 unspecified atom stereocenters. The second kappa shape index (κ2) is 7.40. The molecule has 0 atom stereocenters. The molecule has 2 heterocycles. The second-order valence-corrected chi connectivity index (χ2v) is 6.50. The highest BCUT2D eigenvalue weighted by atomic mass is 35.5. The number of ether oxygens (including phenoxy) is 3. The van der Waals surface area contributed by atoms with Crippen LogP contribution < -0.4 is 19.5 Å². The summed E-state index contributed by atoms with van der Waals surface area (Å²) in [6, 6.07) is 14.9. The fraction of sp³-hybridized carbons (Fsp3) is 0.143. The third-order valence-electron chi connectivity index (χ3n) is 4.42. The Morgan fingerprint density at radius 3 is 2.36 bits per heavy atom. The summed E-state index contributed by atoms with van der Waals surface area (Å²) in [6.45, 7) is 0. The number of rotatable bonds is 5. The minimum Gasteiger partial charge on any atom is -0.493 e. The second-order valence-electron chi connectivity index (χ2n) is 6.06. The van der Waals surface area contributed by atoms with Crippen LogP contribution in [0.2, 0.25) is 5.02 Å². The molecule has 4 aromatic rings. The van der Waals surface area contributed by atoms with Crippen LogP contribution in [0.25, 0.3) is 21.9 Å². The zero-order valence-electron chi connectivity index (χ0n) is 15.6. The van der Waals surface area contributed by atoms with Gasteiger partial charge in [-0.15, -0.1) is 0 Å². The maximum Gasteiger partial charge on any atom is 0.213 e. The lowest BCUT2D eigenvalue weighted by molar-refractivity contribution is 0.355. The van der Waals surface area contributed by atoms with Gasteiger partial charge < -0.3 is 19.5 Å². The average Bonchev–Trinajstić information content (AvgIpc) is 2.72. The van der Waals surface area contributed by atoms with Crippen molar-refractivity contribution in [1.29, 1.82) is 0 Å². The minimum absolute atomic E-state index is 0.512. The largest absolute Gasteiger partial charge is 0.493 e.